The average Bonchev–Trinajstić information content (AvgIpc) is 3.93. The number of aromatic nitrogens is 1. The van der Waals surface area contributed by atoms with Crippen molar-refractivity contribution in [1.82, 2.24) is 24.6 Å². The van der Waals surface area contributed by atoms with Crippen molar-refractivity contribution in [2.45, 2.75) is 108 Å². The van der Waals surface area contributed by atoms with Crippen molar-refractivity contribution >= 4 is 28.6 Å². The molecular formula is C38H51N5O4. The molecule has 9 heteroatoms. The maximum Gasteiger partial charge on any atom is 0.252 e. The molecule has 0 bridgehead atoms. The minimum absolute atomic E-state index is 0.0475. The quantitative estimate of drug-likeness (QED) is 0.318. The normalized spacial score (nSPS) is 21.0. The molecule has 1 aromatic carbocycles. The molecule has 9 nitrogen and oxygen atoms in total. The van der Waals surface area contributed by atoms with E-state index in [2.05, 4.69) is 20.9 Å². The number of nitrogens with one attached hydrogen (secondary N) is 1. The van der Waals surface area contributed by atoms with E-state index in [9.17, 15) is 14.4 Å². The molecule has 4 heterocycles. The maximum absolute atomic E-state index is 14.1. The van der Waals surface area contributed by atoms with Crippen LogP contribution >= 0.6 is 0 Å². The molecule has 3 amide bonds. The Labute approximate surface area is 278 Å². The van der Waals surface area contributed by atoms with Gasteiger partial charge in [0.25, 0.3) is 5.91 Å². The first kappa shape index (κ1) is 32.0. The molecule has 252 valence electrons. The fraction of sp³-hybridized carbons (Fsp3) is 0.605. The molecule has 0 spiro atoms. The van der Waals surface area contributed by atoms with Gasteiger partial charge in [-0.15, -0.1) is 0 Å². The van der Waals surface area contributed by atoms with Crippen LogP contribution in [0.1, 0.15) is 105 Å². The Morgan fingerprint density at radius 1 is 0.894 bits per heavy atom. The van der Waals surface area contributed by atoms with E-state index in [0.29, 0.717) is 30.4 Å². The highest BCUT2D eigenvalue weighted by molar-refractivity contribution is 6.03. The van der Waals surface area contributed by atoms with Crippen molar-refractivity contribution in [3.05, 3.63) is 47.9 Å². The molecule has 4 fully saturated rings. The summed E-state index contributed by atoms with van der Waals surface area (Å²) in [6.45, 7) is 4.15. The lowest BCUT2D eigenvalue weighted by atomic mass is 9.82. The summed E-state index contributed by atoms with van der Waals surface area (Å²) in [7, 11) is 3.51. The zero-order valence-corrected chi connectivity index (χ0v) is 28.3. The summed E-state index contributed by atoms with van der Waals surface area (Å²) in [6.07, 6.45) is 17.1. The van der Waals surface area contributed by atoms with Gasteiger partial charge in [-0.2, -0.15) is 0 Å². The van der Waals surface area contributed by atoms with Gasteiger partial charge in [-0.25, -0.2) is 0 Å². The number of benzene rings is 1. The molecule has 0 unspecified atom stereocenters. The number of fused-ring (bicyclic) bond motifs is 1. The fourth-order valence-corrected chi connectivity index (χ4v) is 9.11. The number of amides is 3. The summed E-state index contributed by atoms with van der Waals surface area (Å²) >= 11 is 0. The van der Waals surface area contributed by atoms with Gasteiger partial charge in [0.1, 0.15) is 12.1 Å². The molecule has 2 aliphatic carbocycles. The zero-order chi connectivity index (χ0) is 32.5. The Kier molecular flexibility index (Phi) is 9.18. The van der Waals surface area contributed by atoms with Crippen LogP contribution in [0, 0.1) is 0 Å². The predicted octanol–water partition coefficient (Wildman–Crippen LogP) is 6.17. The number of nitrogens with zero attached hydrogens (tertiary/aromatic N) is 4. The minimum Gasteiger partial charge on any atom is -0.472 e. The van der Waals surface area contributed by atoms with Gasteiger partial charge < -0.3 is 29.0 Å². The van der Waals surface area contributed by atoms with Crippen molar-refractivity contribution < 1.29 is 18.8 Å². The lowest BCUT2D eigenvalue weighted by Gasteiger charge is -2.36. The molecule has 2 aliphatic heterocycles. The second-order valence-corrected chi connectivity index (χ2v) is 14.7. The number of piperidine rings is 1. The number of hydrogen-bond donors (Lipinski definition) is 1. The molecule has 7 rings (SSSR count). The van der Waals surface area contributed by atoms with E-state index in [4.69, 9.17) is 4.42 Å². The number of carbonyl (C=O) groups excluding carboxylic acids is 3. The molecule has 0 radical (unpaired) electrons. The molecule has 0 atom stereocenters. The Morgan fingerprint density at radius 2 is 1.62 bits per heavy atom. The third-order valence-corrected chi connectivity index (χ3v) is 11.6. The van der Waals surface area contributed by atoms with E-state index in [1.54, 1.807) is 31.5 Å². The van der Waals surface area contributed by atoms with Gasteiger partial charge >= 0.3 is 0 Å². The molecule has 3 aromatic rings. The molecule has 2 saturated heterocycles. The minimum atomic E-state index is -0.871. The number of hydrogen-bond acceptors (Lipinski definition) is 5. The van der Waals surface area contributed by atoms with Crippen LogP contribution in [-0.2, 0) is 16.1 Å². The Bertz CT molecular complexity index is 1580. The highest BCUT2D eigenvalue weighted by atomic mass is 16.3. The van der Waals surface area contributed by atoms with Gasteiger partial charge in [0.05, 0.1) is 23.7 Å². The zero-order valence-electron chi connectivity index (χ0n) is 28.3. The average molecular weight is 642 g/mol. The molecule has 47 heavy (non-hydrogen) atoms. The summed E-state index contributed by atoms with van der Waals surface area (Å²) in [5.41, 5.74) is 3.81. The third-order valence-electron chi connectivity index (χ3n) is 11.6. The highest BCUT2D eigenvalue weighted by Crippen LogP contribution is 2.44. The van der Waals surface area contributed by atoms with Gasteiger partial charge in [-0.3, -0.25) is 14.4 Å². The first-order valence-corrected chi connectivity index (χ1v) is 18.1. The largest absolute Gasteiger partial charge is 0.472 e. The van der Waals surface area contributed by atoms with Gasteiger partial charge in [-0.1, -0.05) is 38.2 Å². The van der Waals surface area contributed by atoms with Crippen molar-refractivity contribution in [3.63, 3.8) is 0 Å². The third kappa shape index (κ3) is 6.23. The second kappa shape index (κ2) is 13.5. The molecule has 4 aliphatic rings. The topological polar surface area (TPSA) is 91.0 Å². The monoisotopic (exact) mass is 641 g/mol. The number of rotatable bonds is 8. The smallest absolute Gasteiger partial charge is 0.252 e. The Morgan fingerprint density at radius 3 is 2.28 bits per heavy atom. The van der Waals surface area contributed by atoms with Crippen LogP contribution in [0.3, 0.4) is 0 Å². The van der Waals surface area contributed by atoms with Gasteiger partial charge in [0.2, 0.25) is 11.8 Å². The van der Waals surface area contributed by atoms with Crippen LogP contribution < -0.4 is 5.32 Å². The van der Waals surface area contributed by atoms with Gasteiger partial charge in [0.15, 0.2) is 0 Å². The van der Waals surface area contributed by atoms with E-state index in [1.807, 2.05) is 23.1 Å². The summed E-state index contributed by atoms with van der Waals surface area (Å²) in [6, 6.07) is 8.51. The van der Waals surface area contributed by atoms with E-state index in [1.165, 1.54) is 50.8 Å². The van der Waals surface area contributed by atoms with E-state index in [0.717, 1.165) is 73.8 Å². The molecular weight excluding hydrogens is 590 g/mol. The predicted molar refractivity (Wildman–Crippen MR) is 183 cm³/mol. The molecule has 2 aromatic heterocycles. The van der Waals surface area contributed by atoms with Crippen molar-refractivity contribution in [2.75, 3.05) is 40.3 Å². The van der Waals surface area contributed by atoms with Crippen LogP contribution in [0.15, 0.2) is 41.2 Å². The summed E-state index contributed by atoms with van der Waals surface area (Å²) < 4.78 is 7.78. The van der Waals surface area contributed by atoms with Gasteiger partial charge in [0, 0.05) is 49.7 Å². The first-order chi connectivity index (χ1) is 22.8. The second-order valence-electron chi connectivity index (χ2n) is 14.7. The van der Waals surface area contributed by atoms with Crippen LogP contribution in [0.5, 0.6) is 0 Å². The van der Waals surface area contributed by atoms with Crippen LogP contribution in [-0.4, -0.2) is 88.8 Å². The summed E-state index contributed by atoms with van der Waals surface area (Å²) in [5.74, 6) is 0.214. The lowest BCUT2D eigenvalue weighted by molar-refractivity contribution is -0.135. The van der Waals surface area contributed by atoms with E-state index < -0.39 is 5.54 Å². The standard InChI is InChI=1S/C38H51N5O4/c1-40(2)37(46)38(17-6-7-18-38)39-36(45)28-12-13-31-32(24-28)43(25-33(44)42-21-14-30(15-22-42)41-19-8-9-20-41)35(29-16-23-47-26-29)34(31)27-10-4-3-5-11-27/h12-13,16,23-24,26-27,30H,3-11,14-15,17-22,25H2,1-2H3,(H,39,45). The SMILES string of the molecule is CN(C)C(=O)C1(NC(=O)c2ccc3c(C4CCCCC4)c(-c4ccoc4)n(CC(=O)N4CCC(N5CCCC5)CC4)c3c2)CCCC1. The number of carbonyl (C=O) groups is 3. The Balaban J connectivity index is 1.25. The Hall–Kier alpha value is -3.59. The fourth-order valence-electron chi connectivity index (χ4n) is 9.11. The first-order valence-electron chi connectivity index (χ1n) is 18.1. The van der Waals surface area contributed by atoms with E-state index in [-0.39, 0.29) is 24.3 Å². The number of furan rings is 1. The number of likely N-dealkylation sites (tertiary alicyclic amines) is 2. The highest BCUT2D eigenvalue weighted by Gasteiger charge is 2.43. The summed E-state index contributed by atoms with van der Waals surface area (Å²) in [4.78, 5) is 47.6. The lowest BCUT2D eigenvalue weighted by Crippen LogP contribution is -2.56. The summed E-state index contributed by atoms with van der Waals surface area (Å²) in [5, 5.41) is 4.27. The van der Waals surface area contributed by atoms with Crippen molar-refractivity contribution in [3.8, 4) is 11.3 Å². The van der Waals surface area contributed by atoms with Crippen LogP contribution in [0.25, 0.3) is 22.2 Å². The van der Waals surface area contributed by atoms with Crippen molar-refractivity contribution in [1.29, 1.82) is 0 Å². The molecule has 1 N–H and O–H groups in total. The van der Waals surface area contributed by atoms with Crippen LogP contribution in [0.2, 0.25) is 0 Å². The van der Waals surface area contributed by atoms with Crippen molar-refractivity contribution in [2.24, 2.45) is 0 Å². The van der Waals surface area contributed by atoms with Crippen LogP contribution in [0.4, 0.5) is 0 Å². The maximum atomic E-state index is 14.1. The van der Waals surface area contributed by atoms with Gasteiger partial charge in [-0.05, 0) is 94.1 Å². The molecule has 2 saturated carbocycles. The van der Waals surface area contributed by atoms with E-state index >= 15 is 0 Å². The number of likely N-dealkylation sites (N-methyl/N-ethyl adjacent to an activating group) is 1.